The van der Waals surface area contributed by atoms with Gasteiger partial charge in [-0.25, -0.2) is 0 Å². The van der Waals surface area contributed by atoms with Crippen molar-refractivity contribution in [1.29, 1.82) is 0 Å². The van der Waals surface area contributed by atoms with Crippen molar-refractivity contribution < 1.29 is 0 Å². The SMILES string of the molecule is Clc1ccc(C2C(c3ccc(Cl)cc3Cl)CCC3CNCC32)cc1. The Morgan fingerprint density at radius 1 is 0.833 bits per heavy atom. The third-order valence-corrected chi connectivity index (χ3v) is 6.57. The molecule has 2 aromatic rings. The second-order valence-corrected chi connectivity index (χ2v) is 8.29. The van der Waals surface area contributed by atoms with Gasteiger partial charge in [0.05, 0.1) is 0 Å². The van der Waals surface area contributed by atoms with Gasteiger partial charge in [0, 0.05) is 15.1 Å². The predicted octanol–water partition coefficient (Wildman–Crippen LogP) is 6.14. The van der Waals surface area contributed by atoms with Gasteiger partial charge >= 0.3 is 0 Å². The predicted molar refractivity (Wildman–Crippen MR) is 102 cm³/mol. The van der Waals surface area contributed by atoms with Gasteiger partial charge in [-0.1, -0.05) is 53.0 Å². The van der Waals surface area contributed by atoms with E-state index >= 15 is 0 Å². The lowest BCUT2D eigenvalue weighted by atomic mass is 9.63. The van der Waals surface area contributed by atoms with Gasteiger partial charge in [0.25, 0.3) is 0 Å². The van der Waals surface area contributed by atoms with E-state index in [1.165, 1.54) is 17.5 Å². The molecule has 1 saturated carbocycles. The summed E-state index contributed by atoms with van der Waals surface area (Å²) in [4.78, 5) is 0. The summed E-state index contributed by atoms with van der Waals surface area (Å²) < 4.78 is 0. The van der Waals surface area contributed by atoms with Gasteiger partial charge in [0.1, 0.15) is 0 Å². The first-order valence-corrected chi connectivity index (χ1v) is 9.68. The van der Waals surface area contributed by atoms with E-state index in [9.17, 15) is 0 Å². The number of hydrogen-bond donors (Lipinski definition) is 1. The van der Waals surface area contributed by atoms with Crippen molar-refractivity contribution in [3.8, 4) is 0 Å². The molecule has 1 aliphatic heterocycles. The third kappa shape index (κ3) is 3.08. The molecule has 0 spiro atoms. The van der Waals surface area contributed by atoms with Gasteiger partial charge < -0.3 is 5.32 Å². The molecule has 1 aliphatic carbocycles. The minimum absolute atomic E-state index is 0.428. The molecule has 0 radical (unpaired) electrons. The zero-order valence-corrected chi connectivity index (χ0v) is 15.6. The molecular formula is C20H20Cl3N. The van der Waals surface area contributed by atoms with Crippen molar-refractivity contribution in [3.05, 3.63) is 68.7 Å². The first-order valence-electron chi connectivity index (χ1n) is 8.54. The highest BCUT2D eigenvalue weighted by Gasteiger charge is 2.43. The maximum Gasteiger partial charge on any atom is 0.0455 e. The highest BCUT2D eigenvalue weighted by atomic mass is 35.5. The van der Waals surface area contributed by atoms with Crippen LogP contribution in [-0.4, -0.2) is 13.1 Å². The van der Waals surface area contributed by atoms with Crippen LogP contribution in [-0.2, 0) is 0 Å². The maximum absolute atomic E-state index is 6.56. The number of fused-ring (bicyclic) bond motifs is 1. The Morgan fingerprint density at radius 3 is 2.33 bits per heavy atom. The van der Waals surface area contributed by atoms with Crippen molar-refractivity contribution in [2.45, 2.75) is 24.7 Å². The molecule has 24 heavy (non-hydrogen) atoms. The fourth-order valence-corrected chi connectivity index (χ4v) is 5.35. The molecule has 2 aliphatic rings. The van der Waals surface area contributed by atoms with E-state index in [0.29, 0.717) is 22.8 Å². The van der Waals surface area contributed by atoms with Crippen LogP contribution in [0.1, 0.15) is 35.8 Å². The van der Waals surface area contributed by atoms with Crippen LogP contribution in [0.15, 0.2) is 42.5 Å². The van der Waals surface area contributed by atoms with Gasteiger partial charge in [-0.2, -0.15) is 0 Å². The average Bonchev–Trinajstić information content (AvgIpc) is 3.04. The van der Waals surface area contributed by atoms with E-state index < -0.39 is 0 Å². The Hall–Kier alpha value is -0.730. The minimum Gasteiger partial charge on any atom is -0.316 e. The third-order valence-electron chi connectivity index (χ3n) is 5.75. The summed E-state index contributed by atoms with van der Waals surface area (Å²) >= 11 is 18.8. The highest BCUT2D eigenvalue weighted by molar-refractivity contribution is 6.35. The molecule has 4 atom stereocenters. The molecule has 0 bridgehead atoms. The lowest BCUT2D eigenvalue weighted by molar-refractivity contribution is 0.228. The van der Waals surface area contributed by atoms with Crippen molar-refractivity contribution >= 4 is 34.8 Å². The summed E-state index contributed by atoms with van der Waals surface area (Å²) in [5.74, 6) is 2.30. The molecule has 2 fully saturated rings. The number of rotatable bonds is 2. The number of hydrogen-bond acceptors (Lipinski definition) is 1. The van der Waals surface area contributed by atoms with Crippen LogP contribution >= 0.6 is 34.8 Å². The standard InChI is InChI=1S/C20H20Cl3N/c21-14-4-1-12(2-5-14)20-17(7-3-13-10-24-11-18(13)20)16-8-6-15(22)9-19(16)23/h1-2,4-6,8-9,13,17-18,20,24H,3,7,10-11H2. The second kappa shape index (κ2) is 6.88. The van der Waals surface area contributed by atoms with E-state index in [-0.39, 0.29) is 0 Å². The second-order valence-electron chi connectivity index (χ2n) is 7.01. The molecule has 2 aromatic carbocycles. The smallest absolute Gasteiger partial charge is 0.0455 e. The van der Waals surface area contributed by atoms with Crippen LogP contribution in [0.25, 0.3) is 0 Å². The van der Waals surface area contributed by atoms with Crippen LogP contribution < -0.4 is 5.32 Å². The van der Waals surface area contributed by atoms with Crippen LogP contribution in [0, 0.1) is 11.8 Å². The zero-order chi connectivity index (χ0) is 16.7. The minimum atomic E-state index is 0.428. The Kier molecular flexibility index (Phi) is 4.79. The molecule has 0 aromatic heterocycles. The van der Waals surface area contributed by atoms with Crippen LogP contribution in [0.3, 0.4) is 0 Å². The maximum atomic E-state index is 6.56. The van der Waals surface area contributed by atoms with Crippen molar-refractivity contribution in [3.63, 3.8) is 0 Å². The topological polar surface area (TPSA) is 12.0 Å². The van der Waals surface area contributed by atoms with Crippen molar-refractivity contribution in [2.75, 3.05) is 13.1 Å². The summed E-state index contributed by atoms with van der Waals surface area (Å²) in [6.45, 7) is 2.22. The highest BCUT2D eigenvalue weighted by Crippen LogP contribution is 2.52. The molecule has 0 amide bonds. The van der Waals surface area contributed by atoms with Crippen molar-refractivity contribution in [1.82, 2.24) is 5.32 Å². The molecule has 1 heterocycles. The van der Waals surface area contributed by atoms with E-state index in [0.717, 1.165) is 35.5 Å². The first-order chi connectivity index (χ1) is 11.6. The molecule has 1 nitrogen and oxygen atoms in total. The van der Waals surface area contributed by atoms with E-state index in [4.69, 9.17) is 34.8 Å². The molecule has 1 saturated heterocycles. The number of halogens is 3. The summed E-state index contributed by atoms with van der Waals surface area (Å²) in [5, 5.41) is 5.86. The Morgan fingerprint density at radius 2 is 1.58 bits per heavy atom. The summed E-state index contributed by atoms with van der Waals surface area (Å²) in [6, 6.07) is 14.3. The molecule has 4 heteroatoms. The van der Waals surface area contributed by atoms with Gasteiger partial charge in [-0.15, -0.1) is 0 Å². The molecular weight excluding hydrogens is 361 g/mol. The van der Waals surface area contributed by atoms with E-state index in [1.54, 1.807) is 0 Å². The summed E-state index contributed by atoms with van der Waals surface area (Å²) in [5.41, 5.74) is 2.60. The van der Waals surface area contributed by atoms with Crippen LogP contribution in [0.5, 0.6) is 0 Å². The molecule has 4 rings (SSSR count). The number of nitrogens with one attached hydrogen (secondary N) is 1. The van der Waals surface area contributed by atoms with Gasteiger partial charge in [0.15, 0.2) is 0 Å². The van der Waals surface area contributed by atoms with Crippen LogP contribution in [0.4, 0.5) is 0 Å². The van der Waals surface area contributed by atoms with E-state index in [1.807, 2.05) is 24.3 Å². The van der Waals surface area contributed by atoms with Gasteiger partial charge in [0.2, 0.25) is 0 Å². The normalized spacial score (nSPS) is 29.5. The Labute approximate surface area is 158 Å². The van der Waals surface area contributed by atoms with Crippen LogP contribution in [0.2, 0.25) is 15.1 Å². The average molecular weight is 381 g/mol. The summed E-state index contributed by atoms with van der Waals surface area (Å²) in [6.07, 6.45) is 2.42. The number of benzene rings is 2. The monoisotopic (exact) mass is 379 g/mol. The van der Waals surface area contributed by atoms with Crippen molar-refractivity contribution in [2.24, 2.45) is 11.8 Å². The quantitative estimate of drug-likeness (QED) is 0.659. The van der Waals surface area contributed by atoms with Gasteiger partial charge in [-0.3, -0.25) is 0 Å². The zero-order valence-electron chi connectivity index (χ0n) is 13.3. The fourth-order valence-electron chi connectivity index (χ4n) is 4.68. The lowest BCUT2D eigenvalue weighted by Crippen LogP contribution is -2.31. The van der Waals surface area contributed by atoms with Gasteiger partial charge in [-0.05, 0) is 85.0 Å². The Balaban J connectivity index is 1.77. The summed E-state index contributed by atoms with van der Waals surface area (Å²) in [7, 11) is 0. The largest absolute Gasteiger partial charge is 0.316 e. The lowest BCUT2D eigenvalue weighted by Gasteiger charge is -2.40. The van der Waals surface area contributed by atoms with E-state index in [2.05, 4.69) is 23.5 Å². The molecule has 4 unspecified atom stereocenters. The Bertz CT molecular complexity index is 728. The molecule has 126 valence electrons. The fraction of sp³-hybridized carbons (Fsp3) is 0.400. The molecule has 1 N–H and O–H groups in total. The first kappa shape index (κ1) is 16.7.